The molecule has 5 heteroatoms. The second-order valence-electron chi connectivity index (χ2n) is 6.33. The highest BCUT2D eigenvalue weighted by atomic mass is 16.5. The van der Waals surface area contributed by atoms with Crippen molar-refractivity contribution in [3.05, 3.63) is 11.9 Å². The van der Waals surface area contributed by atoms with Crippen LogP contribution in [-0.4, -0.2) is 41.1 Å². The fourth-order valence-electron chi connectivity index (χ4n) is 2.11. The number of nitrogens with zero attached hydrogens (tertiary/aromatic N) is 3. The molecular weight excluding hydrogens is 240 g/mol. The Balaban J connectivity index is 2.10. The Morgan fingerprint density at radius 1 is 1.26 bits per heavy atom. The molecule has 0 aliphatic carbocycles. The summed E-state index contributed by atoms with van der Waals surface area (Å²) >= 11 is 0. The van der Waals surface area contributed by atoms with E-state index in [1.165, 1.54) is 0 Å². The minimum absolute atomic E-state index is 0.125. The van der Waals surface area contributed by atoms with Crippen molar-refractivity contribution in [2.45, 2.75) is 45.1 Å². The van der Waals surface area contributed by atoms with Crippen molar-refractivity contribution in [2.75, 3.05) is 25.9 Å². The molecule has 19 heavy (non-hydrogen) atoms. The van der Waals surface area contributed by atoms with Gasteiger partial charge in [-0.25, -0.2) is 4.98 Å². The molecule has 1 aromatic rings. The molecule has 2 rings (SSSR count). The summed E-state index contributed by atoms with van der Waals surface area (Å²) in [6.45, 7) is 8.35. The molecule has 0 spiro atoms. The van der Waals surface area contributed by atoms with E-state index >= 15 is 0 Å². The van der Waals surface area contributed by atoms with Crippen LogP contribution in [0.25, 0.3) is 0 Å². The first kappa shape index (κ1) is 14.1. The zero-order valence-electron chi connectivity index (χ0n) is 12.3. The number of hydrogen-bond acceptors (Lipinski definition) is 5. The normalized spacial score (nSPS) is 18.5. The second-order valence-corrected chi connectivity index (χ2v) is 6.33. The number of aromatic nitrogens is 2. The molecule has 2 N–H and O–H groups in total. The van der Waals surface area contributed by atoms with Gasteiger partial charge in [-0.05, 0) is 19.9 Å². The molecule has 0 unspecified atom stereocenters. The summed E-state index contributed by atoms with van der Waals surface area (Å²) < 4.78 is 5.96. The smallest absolute Gasteiger partial charge is 0.219 e. The summed E-state index contributed by atoms with van der Waals surface area (Å²) in [6, 6.07) is 1.72. The van der Waals surface area contributed by atoms with Crippen molar-refractivity contribution in [3.8, 4) is 5.88 Å². The quantitative estimate of drug-likeness (QED) is 0.883. The van der Waals surface area contributed by atoms with Crippen LogP contribution in [0.5, 0.6) is 5.88 Å². The molecule has 2 heterocycles. The lowest BCUT2D eigenvalue weighted by Crippen LogP contribution is -2.36. The van der Waals surface area contributed by atoms with E-state index in [0.717, 1.165) is 31.8 Å². The van der Waals surface area contributed by atoms with E-state index in [0.29, 0.717) is 11.7 Å². The summed E-state index contributed by atoms with van der Waals surface area (Å²) in [5.41, 5.74) is 5.72. The van der Waals surface area contributed by atoms with Gasteiger partial charge in [0.25, 0.3) is 0 Å². The lowest BCUT2D eigenvalue weighted by Gasteiger charge is -2.29. The van der Waals surface area contributed by atoms with Crippen molar-refractivity contribution in [1.82, 2.24) is 14.9 Å². The standard InChI is InChI=1S/C14H24N4O/c1-14(2,3)13-16-11(15)9-12(17-13)19-10-5-7-18(4)8-6-10/h9-10H,5-8H2,1-4H3,(H2,15,16,17). The summed E-state index contributed by atoms with van der Waals surface area (Å²) in [4.78, 5) is 11.1. The molecule has 5 nitrogen and oxygen atoms in total. The number of anilines is 1. The molecule has 0 radical (unpaired) electrons. The van der Waals surface area contributed by atoms with Crippen molar-refractivity contribution in [1.29, 1.82) is 0 Å². The van der Waals surface area contributed by atoms with E-state index in [9.17, 15) is 0 Å². The van der Waals surface area contributed by atoms with Crippen molar-refractivity contribution in [2.24, 2.45) is 0 Å². The molecule has 1 saturated heterocycles. The van der Waals surface area contributed by atoms with Crippen molar-refractivity contribution >= 4 is 5.82 Å². The van der Waals surface area contributed by atoms with E-state index in [2.05, 4.69) is 42.7 Å². The molecule has 1 fully saturated rings. The Kier molecular flexibility index (Phi) is 3.94. The van der Waals surface area contributed by atoms with Crippen molar-refractivity contribution in [3.63, 3.8) is 0 Å². The maximum Gasteiger partial charge on any atom is 0.219 e. The van der Waals surface area contributed by atoms with Crippen LogP contribution in [0, 0.1) is 0 Å². The van der Waals surface area contributed by atoms with Gasteiger partial charge in [-0.1, -0.05) is 20.8 Å². The van der Waals surface area contributed by atoms with Gasteiger partial charge in [0.2, 0.25) is 5.88 Å². The molecule has 1 aliphatic rings. The van der Waals surface area contributed by atoms with Crippen LogP contribution in [0.4, 0.5) is 5.82 Å². The second kappa shape index (κ2) is 5.33. The van der Waals surface area contributed by atoms with Gasteiger partial charge in [-0.3, -0.25) is 0 Å². The van der Waals surface area contributed by atoms with E-state index in [1.54, 1.807) is 6.07 Å². The van der Waals surface area contributed by atoms with Gasteiger partial charge < -0.3 is 15.4 Å². The van der Waals surface area contributed by atoms with Gasteiger partial charge in [0.15, 0.2) is 0 Å². The monoisotopic (exact) mass is 264 g/mol. The molecule has 0 saturated carbocycles. The van der Waals surface area contributed by atoms with Crippen LogP contribution in [0.15, 0.2) is 6.07 Å². The lowest BCUT2D eigenvalue weighted by atomic mass is 9.96. The first-order chi connectivity index (χ1) is 8.84. The number of nitrogen functional groups attached to an aromatic ring is 1. The molecule has 1 aromatic heterocycles. The highest BCUT2D eigenvalue weighted by Gasteiger charge is 2.22. The molecule has 1 aliphatic heterocycles. The average Bonchev–Trinajstić information content (AvgIpc) is 2.30. The Hall–Kier alpha value is -1.36. The predicted octanol–water partition coefficient (Wildman–Crippen LogP) is 1.83. The minimum Gasteiger partial charge on any atom is -0.474 e. The number of nitrogens with two attached hydrogens (primary N) is 1. The van der Waals surface area contributed by atoms with Crippen LogP contribution in [-0.2, 0) is 5.41 Å². The maximum atomic E-state index is 5.96. The third kappa shape index (κ3) is 3.80. The average molecular weight is 264 g/mol. The van der Waals surface area contributed by atoms with Crippen molar-refractivity contribution < 1.29 is 4.74 Å². The fourth-order valence-corrected chi connectivity index (χ4v) is 2.11. The maximum absolute atomic E-state index is 5.96. The summed E-state index contributed by atoms with van der Waals surface area (Å²) in [5.74, 6) is 1.81. The van der Waals surface area contributed by atoms with E-state index in [1.807, 2.05) is 0 Å². The van der Waals surface area contributed by atoms with Gasteiger partial charge in [0.05, 0.1) is 0 Å². The van der Waals surface area contributed by atoms with Gasteiger partial charge in [0, 0.05) is 24.6 Å². The first-order valence-electron chi connectivity index (χ1n) is 6.85. The fraction of sp³-hybridized carbons (Fsp3) is 0.714. The van der Waals surface area contributed by atoms with Crippen LogP contribution in [0.3, 0.4) is 0 Å². The highest BCUT2D eigenvalue weighted by molar-refractivity contribution is 5.34. The topological polar surface area (TPSA) is 64.3 Å². The highest BCUT2D eigenvalue weighted by Crippen LogP contribution is 2.24. The third-order valence-electron chi connectivity index (χ3n) is 3.35. The largest absolute Gasteiger partial charge is 0.474 e. The predicted molar refractivity (Wildman–Crippen MR) is 76.3 cm³/mol. The van der Waals surface area contributed by atoms with Gasteiger partial charge in [-0.15, -0.1) is 0 Å². The van der Waals surface area contributed by atoms with Gasteiger partial charge in [-0.2, -0.15) is 4.98 Å². The molecule has 106 valence electrons. The Bertz CT molecular complexity index is 434. The summed E-state index contributed by atoms with van der Waals surface area (Å²) in [5, 5.41) is 0. The number of piperidine rings is 1. The number of rotatable bonds is 2. The number of hydrogen-bond donors (Lipinski definition) is 1. The van der Waals surface area contributed by atoms with Crippen LogP contribution >= 0.6 is 0 Å². The number of likely N-dealkylation sites (tertiary alicyclic amines) is 1. The van der Waals surface area contributed by atoms with E-state index in [-0.39, 0.29) is 11.5 Å². The summed E-state index contributed by atoms with van der Waals surface area (Å²) in [6.07, 6.45) is 2.30. The first-order valence-corrected chi connectivity index (χ1v) is 6.85. The Morgan fingerprint density at radius 3 is 2.47 bits per heavy atom. The lowest BCUT2D eigenvalue weighted by molar-refractivity contribution is 0.109. The summed E-state index contributed by atoms with van der Waals surface area (Å²) in [7, 11) is 2.14. The van der Waals surface area contributed by atoms with Crippen LogP contribution in [0.1, 0.15) is 39.4 Å². The number of ether oxygens (including phenoxy) is 1. The van der Waals surface area contributed by atoms with Crippen LogP contribution < -0.4 is 10.5 Å². The Labute approximate surface area is 115 Å². The van der Waals surface area contributed by atoms with E-state index < -0.39 is 0 Å². The third-order valence-corrected chi connectivity index (χ3v) is 3.35. The van der Waals surface area contributed by atoms with Gasteiger partial charge in [0.1, 0.15) is 17.7 Å². The van der Waals surface area contributed by atoms with Crippen LogP contribution in [0.2, 0.25) is 0 Å². The molecule has 0 atom stereocenters. The zero-order chi connectivity index (χ0) is 14.0. The molecule has 0 amide bonds. The molecular formula is C14H24N4O. The molecule has 0 bridgehead atoms. The van der Waals surface area contributed by atoms with E-state index in [4.69, 9.17) is 10.5 Å². The Morgan fingerprint density at radius 2 is 1.89 bits per heavy atom. The SMILES string of the molecule is CN1CCC(Oc2cc(N)nc(C(C)(C)C)n2)CC1. The molecule has 0 aromatic carbocycles. The van der Waals surface area contributed by atoms with Gasteiger partial charge >= 0.3 is 0 Å². The zero-order valence-corrected chi connectivity index (χ0v) is 12.3. The minimum atomic E-state index is -0.125.